The van der Waals surface area contributed by atoms with Crippen molar-refractivity contribution in [2.24, 2.45) is 0 Å². The van der Waals surface area contributed by atoms with Crippen molar-refractivity contribution < 1.29 is 18.3 Å². The zero-order valence-electron chi connectivity index (χ0n) is 7.85. The van der Waals surface area contributed by atoms with Crippen molar-refractivity contribution in [1.29, 1.82) is 0 Å². The minimum absolute atomic E-state index is 0.186. The molecule has 1 atom stereocenters. The van der Waals surface area contributed by atoms with Gasteiger partial charge in [0.2, 0.25) is 0 Å². The summed E-state index contributed by atoms with van der Waals surface area (Å²) in [6, 6.07) is 4.12. The van der Waals surface area contributed by atoms with Crippen LogP contribution in [0.25, 0.3) is 0 Å². The van der Waals surface area contributed by atoms with E-state index in [1.165, 1.54) is 25.3 Å². The Balaban J connectivity index is 3.04. The SMILES string of the molecule is COC(=O)c1cc(N)cc(NS(=O)[O-])c1. The number of nitrogens with two attached hydrogens (primary N) is 1. The maximum atomic E-state index is 11.1. The molecule has 0 bridgehead atoms. The van der Waals surface area contributed by atoms with Crippen LogP contribution in [0.1, 0.15) is 10.4 Å². The van der Waals surface area contributed by atoms with Crippen LogP contribution in [0, 0.1) is 0 Å². The Morgan fingerprint density at radius 2 is 2.20 bits per heavy atom. The quantitative estimate of drug-likeness (QED) is 0.439. The number of carbonyl (C=O) groups is 1. The summed E-state index contributed by atoms with van der Waals surface area (Å²) in [7, 11) is 1.23. The Kier molecular flexibility index (Phi) is 3.64. The summed E-state index contributed by atoms with van der Waals surface area (Å²) in [4.78, 5) is 11.1. The third-order valence-electron chi connectivity index (χ3n) is 1.58. The van der Waals surface area contributed by atoms with Gasteiger partial charge in [0, 0.05) is 22.6 Å². The predicted octanol–water partition coefficient (Wildman–Crippen LogP) is 0.261. The summed E-state index contributed by atoms with van der Waals surface area (Å²) in [5.74, 6) is -0.581. The molecule has 0 aliphatic heterocycles. The zero-order chi connectivity index (χ0) is 11.4. The molecule has 0 saturated carbocycles. The van der Waals surface area contributed by atoms with Crippen LogP contribution in [0.3, 0.4) is 0 Å². The molecule has 15 heavy (non-hydrogen) atoms. The first-order valence-electron chi connectivity index (χ1n) is 3.87. The number of rotatable bonds is 3. The highest BCUT2D eigenvalue weighted by molar-refractivity contribution is 7.80. The molecule has 3 N–H and O–H groups in total. The lowest BCUT2D eigenvalue weighted by Crippen LogP contribution is -2.06. The van der Waals surface area contributed by atoms with Crippen molar-refractivity contribution in [3.8, 4) is 0 Å². The molecule has 0 heterocycles. The van der Waals surface area contributed by atoms with Crippen LogP contribution in [0.4, 0.5) is 11.4 Å². The average molecular weight is 229 g/mol. The molecule has 7 heteroatoms. The number of methoxy groups -OCH3 is 1. The van der Waals surface area contributed by atoms with E-state index in [-0.39, 0.29) is 16.9 Å². The molecule has 6 nitrogen and oxygen atoms in total. The molecule has 0 saturated heterocycles. The average Bonchev–Trinajstić information content (AvgIpc) is 2.14. The standard InChI is InChI=1S/C8H10N2O4S/c1-14-8(11)5-2-6(9)4-7(3-5)10-15(12)13/h2-4,10H,9H2,1H3,(H,12,13)/p-1. The molecule has 0 spiro atoms. The fraction of sp³-hybridized carbons (Fsp3) is 0.125. The maximum absolute atomic E-state index is 11.1. The van der Waals surface area contributed by atoms with Gasteiger partial charge in [-0.25, -0.2) is 4.79 Å². The fourth-order valence-electron chi connectivity index (χ4n) is 1.04. The van der Waals surface area contributed by atoms with Crippen molar-refractivity contribution in [3.05, 3.63) is 23.8 Å². The van der Waals surface area contributed by atoms with Crippen LogP contribution in [0.15, 0.2) is 18.2 Å². The van der Waals surface area contributed by atoms with E-state index in [0.717, 1.165) is 0 Å². The third-order valence-corrected chi connectivity index (χ3v) is 1.98. The second-order valence-electron chi connectivity index (χ2n) is 2.67. The summed E-state index contributed by atoms with van der Waals surface area (Å²) >= 11 is -2.46. The topological polar surface area (TPSA) is 104 Å². The van der Waals surface area contributed by atoms with E-state index in [1.54, 1.807) is 0 Å². The molecule has 82 valence electrons. The Labute approximate surface area is 88.8 Å². The molecule has 0 amide bonds. The Morgan fingerprint density at radius 1 is 1.53 bits per heavy atom. The lowest BCUT2D eigenvalue weighted by molar-refractivity contribution is 0.0601. The molecule has 1 rings (SSSR count). The summed E-state index contributed by atoms with van der Waals surface area (Å²) in [5.41, 5.74) is 6.15. The van der Waals surface area contributed by atoms with Crippen LogP contribution in [-0.4, -0.2) is 21.8 Å². The highest BCUT2D eigenvalue weighted by Gasteiger charge is 2.07. The molecule has 0 aliphatic carbocycles. The molecular formula is C8H9N2O4S-. The summed E-state index contributed by atoms with van der Waals surface area (Å²) < 4.78 is 27.3. The van der Waals surface area contributed by atoms with Crippen molar-refractivity contribution in [1.82, 2.24) is 0 Å². The molecular weight excluding hydrogens is 220 g/mol. The molecule has 0 fully saturated rings. The van der Waals surface area contributed by atoms with Gasteiger partial charge in [0.05, 0.1) is 12.7 Å². The normalized spacial score (nSPS) is 11.9. The summed E-state index contributed by atoms with van der Waals surface area (Å²) in [6.45, 7) is 0. The number of hydrogen-bond acceptors (Lipinski definition) is 5. The van der Waals surface area contributed by atoms with Gasteiger partial charge in [0.1, 0.15) is 0 Å². The van der Waals surface area contributed by atoms with Gasteiger partial charge < -0.3 is 19.7 Å². The molecule has 0 aliphatic rings. The number of nitrogens with one attached hydrogen (secondary N) is 1. The van der Waals surface area contributed by atoms with Gasteiger partial charge >= 0.3 is 5.97 Å². The van der Waals surface area contributed by atoms with Crippen LogP contribution in [0.2, 0.25) is 0 Å². The van der Waals surface area contributed by atoms with Crippen molar-refractivity contribution in [2.75, 3.05) is 17.6 Å². The second-order valence-corrected chi connectivity index (χ2v) is 3.35. The van der Waals surface area contributed by atoms with Crippen LogP contribution in [0.5, 0.6) is 0 Å². The Morgan fingerprint density at radius 3 is 2.73 bits per heavy atom. The van der Waals surface area contributed by atoms with E-state index in [4.69, 9.17) is 5.73 Å². The van der Waals surface area contributed by atoms with E-state index in [1.807, 2.05) is 0 Å². The van der Waals surface area contributed by atoms with E-state index in [0.29, 0.717) is 0 Å². The molecule has 1 aromatic carbocycles. The van der Waals surface area contributed by atoms with Crippen LogP contribution in [-0.2, 0) is 16.0 Å². The van der Waals surface area contributed by atoms with Gasteiger partial charge in [0.25, 0.3) is 0 Å². The number of hydrogen-bond donors (Lipinski definition) is 2. The number of ether oxygens (including phenoxy) is 1. The molecule has 0 aromatic heterocycles. The first kappa shape index (κ1) is 11.5. The van der Waals surface area contributed by atoms with E-state index >= 15 is 0 Å². The first-order valence-corrected chi connectivity index (χ1v) is 4.95. The number of benzene rings is 1. The van der Waals surface area contributed by atoms with Gasteiger partial charge in [-0.1, -0.05) is 0 Å². The van der Waals surface area contributed by atoms with Crippen LogP contribution < -0.4 is 10.5 Å². The highest BCUT2D eigenvalue weighted by Crippen LogP contribution is 2.17. The smallest absolute Gasteiger partial charge is 0.337 e. The van der Waals surface area contributed by atoms with E-state index in [2.05, 4.69) is 9.46 Å². The Bertz CT molecular complexity index is 408. The molecule has 1 unspecified atom stereocenters. The minimum Gasteiger partial charge on any atom is -0.755 e. The number of carbonyl (C=O) groups excluding carboxylic acids is 1. The number of esters is 1. The predicted molar refractivity (Wildman–Crippen MR) is 54.7 cm³/mol. The van der Waals surface area contributed by atoms with E-state index < -0.39 is 17.2 Å². The Hall–Kier alpha value is -1.60. The number of nitrogen functional groups attached to an aromatic ring is 1. The van der Waals surface area contributed by atoms with E-state index in [9.17, 15) is 13.6 Å². The second kappa shape index (κ2) is 4.76. The van der Waals surface area contributed by atoms with Gasteiger partial charge in [-0.05, 0) is 18.2 Å². The largest absolute Gasteiger partial charge is 0.755 e. The van der Waals surface area contributed by atoms with Gasteiger partial charge in [-0.15, -0.1) is 0 Å². The monoisotopic (exact) mass is 229 g/mol. The first-order chi connectivity index (χ1) is 7.02. The lowest BCUT2D eigenvalue weighted by Gasteiger charge is -2.10. The van der Waals surface area contributed by atoms with Crippen molar-refractivity contribution >= 4 is 28.6 Å². The van der Waals surface area contributed by atoms with Crippen LogP contribution >= 0.6 is 0 Å². The minimum atomic E-state index is -2.46. The summed E-state index contributed by atoms with van der Waals surface area (Å²) in [5, 5.41) is 0. The van der Waals surface area contributed by atoms with Gasteiger partial charge in [-0.3, -0.25) is 4.21 Å². The molecule has 0 radical (unpaired) electrons. The third kappa shape index (κ3) is 3.22. The highest BCUT2D eigenvalue weighted by atomic mass is 32.2. The fourth-order valence-corrected chi connectivity index (χ4v) is 1.35. The zero-order valence-corrected chi connectivity index (χ0v) is 8.67. The number of anilines is 2. The van der Waals surface area contributed by atoms with Crippen molar-refractivity contribution in [3.63, 3.8) is 0 Å². The van der Waals surface area contributed by atoms with Gasteiger partial charge in [-0.2, -0.15) is 0 Å². The van der Waals surface area contributed by atoms with Gasteiger partial charge in [0.15, 0.2) is 0 Å². The van der Waals surface area contributed by atoms with Crippen molar-refractivity contribution in [2.45, 2.75) is 0 Å². The lowest BCUT2D eigenvalue weighted by atomic mass is 10.2. The maximum Gasteiger partial charge on any atom is 0.337 e. The molecule has 1 aromatic rings. The summed E-state index contributed by atoms with van der Waals surface area (Å²) in [6.07, 6.45) is 0.